The van der Waals surface area contributed by atoms with Gasteiger partial charge in [-0.1, -0.05) is 0 Å². The fraction of sp³-hybridized carbons (Fsp3) is 0.692. The first-order valence-corrected chi connectivity index (χ1v) is 7.10. The Bertz CT molecular complexity index is 460. The number of carbonyl (C=O) groups excluding carboxylic acids is 1. The lowest BCUT2D eigenvalue weighted by atomic mass is 10.2. The van der Waals surface area contributed by atoms with Crippen molar-refractivity contribution in [3.63, 3.8) is 0 Å². The summed E-state index contributed by atoms with van der Waals surface area (Å²) in [5.74, 6) is 0.318. The Balaban J connectivity index is 1.51. The number of H-pyrrole nitrogens is 1. The minimum absolute atomic E-state index is 0.167. The number of hydrogen-bond acceptors (Lipinski definition) is 4. The third-order valence-electron chi connectivity index (χ3n) is 3.95. The predicted octanol–water partition coefficient (Wildman–Crippen LogP) is 0.695. The Hall–Kier alpha value is -1.56. The maximum Gasteiger partial charge on any atom is 0.273 e. The summed E-state index contributed by atoms with van der Waals surface area (Å²) in [5, 5.41) is 9.85. The van der Waals surface area contributed by atoms with Crippen LogP contribution in [0.3, 0.4) is 0 Å². The molecule has 4 N–H and O–H groups in total. The number of anilines is 1. The second kappa shape index (κ2) is 5.21. The lowest BCUT2D eigenvalue weighted by Gasteiger charge is -2.14. The Kier molecular flexibility index (Phi) is 3.42. The monoisotopic (exact) mass is 263 g/mol. The molecule has 2 heterocycles. The largest absolute Gasteiger partial charge is 0.395 e. The van der Waals surface area contributed by atoms with Crippen LogP contribution < -0.4 is 11.1 Å². The minimum Gasteiger partial charge on any atom is -0.395 e. The predicted molar refractivity (Wildman–Crippen MR) is 73.0 cm³/mol. The van der Waals surface area contributed by atoms with Crippen molar-refractivity contribution in [2.45, 2.75) is 31.6 Å². The summed E-state index contributed by atoms with van der Waals surface area (Å²) in [6.45, 7) is 3.86. The average Bonchev–Trinajstić information content (AvgIpc) is 2.96. The summed E-state index contributed by atoms with van der Waals surface area (Å²) in [6, 6.07) is 0. The van der Waals surface area contributed by atoms with Gasteiger partial charge in [-0.05, 0) is 38.8 Å². The van der Waals surface area contributed by atoms with Gasteiger partial charge in [0, 0.05) is 19.0 Å². The summed E-state index contributed by atoms with van der Waals surface area (Å²) in [5.41, 5.74) is 7.79. The normalized spacial score (nSPS) is 19.8. The molecule has 6 heteroatoms. The zero-order valence-electron chi connectivity index (χ0n) is 11.1. The lowest BCUT2D eigenvalue weighted by molar-refractivity contribution is 0.0945. The number of likely N-dealkylation sites (tertiary alicyclic amines) is 1. The first-order chi connectivity index (χ1) is 9.25. The molecule has 0 aromatic carbocycles. The van der Waals surface area contributed by atoms with Gasteiger partial charge in [0.25, 0.3) is 5.91 Å². The Morgan fingerprint density at radius 3 is 2.84 bits per heavy atom. The van der Waals surface area contributed by atoms with Crippen molar-refractivity contribution in [1.29, 1.82) is 0 Å². The molecular weight excluding hydrogens is 242 g/mol. The molecule has 1 amide bonds. The Labute approximate surface area is 112 Å². The van der Waals surface area contributed by atoms with Gasteiger partial charge in [-0.3, -0.25) is 9.89 Å². The number of hydrogen-bond donors (Lipinski definition) is 3. The number of nitrogens with zero attached hydrogens (tertiary/aromatic N) is 2. The molecule has 1 aliphatic heterocycles. The van der Waals surface area contributed by atoms with Crippen LogP contribution in [-0.4, -0.2) is 47.2 Å². The molecule has 0 bridgehead atoms. The summed E-state index contributed by atoms with van der Waals surface area (Å²) >= 11 is 0. The van der Waals surface area contributed by atoms with Crippen molar-refractivity contribution < 1.29 is 4.79 Å². The van der Waals surface area contributed by atoms with E-state index < -0.39 is 0 Å². The molecule has 104 valence electrons. The smallest absolute Gasteiger partial charge is 0.273 e. The zero-order chi connectivity index (χ0) is 13.2. The average molecular weight is 263 g/mol. The van der Waals surface area contributed by atoms with E-state index in [4.69, 9.17) is 5.73 Å². The Morgan fingerprint density at radius 1 is 1.42 bits per heavy atom. The van der Waals surface area contributed by atoms with E-state index in [-0.39, 0.29) is 5.91 Å². The van der Waals surface area contributed by atoms with Crippen LogP contribution in [0.4, 0.5) is 5.69 Å². The number of nitrogens with one attached hydrogen (secondary N) is 2. The molecule has 6 nitrogen and oxygen atoms in total. The van der Waals surface area contributed by atoms with Gasteiger partial charge in [-0.15, -0.1) is 0 Å². The molecule has 1 aromatic heterocycles. The number of amides is 1. The summed E-state index contributed by atoms with van der Waals surface area (Å²) in [6.07, 6.45) is 4.82. The highest BCUT2D eigenvalue weighted by Crippen LogP contribution is 2.42. The second-order valence-electron chi connectivity index (χ2n) is 5.48. The van der Waals surface area contributed by atoms with Gasteiger partial charge < -0.3 is 16.0 Å². The molecule has 2 fully saturated rings. The SMILES string of the molecule is Nc1c(C(=O)NCCN2CCCC2)n[nH]c1C1CC1. The number of rotatable bonds is 5. The van der Waals surface area contributed by atoms with E-state index in [1.807, 2.05) is 0 Å². The van der Waals surface area contributed by atoms with E-state index >= 15 is 0 Å². The number of aromatic amines is 1. The van der Waals surface area contributed by atoms with Gasteiger partial charge in [0.15, 0.2) is 5.69 Å². The Morgan fingerprint density at radius 2 is 2.16 bits per heavy atom. The van der Waals surface area contributed by atoms with Gasteiger partial charge in [0.1, 0.15) is 0 Å². The van der Waals surface area contributed by atoms with Crippen molar-refractivity contribution in [2.75, 3.05) is 31.9 Å². The number of aromatic nitrogens is 2. The van der Waals surface area contributed by atoms with E-state index in [1.165, 1.54) is 12.8 Å². The third kappa shape index (κ3) is 2.73. The molecule has 19 heavy (non-hydrogen) atoms. The molecule has 3 rings (SSSR count). The van der Waals surface area contributed by atoms with Gasteiger partial charge in [-0.25, -0.2) is 0 Å². The van der Waals surface area contributed by atoms with E-state index in [0.717, 1.165) is 38.2 Å². The lowest BCUT2D eigenvalue weighted by Crippen LogP contribution is -2.33. The molecule has 1 saturated heterocycles. The van der Waals surface area contributed by atoms with E-state index in [1.54, 1.807) is 0 Å². The first kappa shape index (κ1) is 12.5. The highest BCUT2D eigenvalue weighted by molar-refractivity contribution is 5.97. The second-order valence-corrected chi connectivity index (χ2v) is 5.48. The zero-order valence-corrected chi connectivity index (χ0v) is 11.1. The standard InChI is InChI=1S/C13H21N5O/c14-10-11(9-3-4-9)16-17-12(10)13(19)15-5-8-18-6-1-2-7-18/h9H,1-8,14H2,(H,15,19)(H,16,17). The van der Waals surface area contributed by atoms with Crippen LogP contribution in [0.2, 0.25) is 0 Å². The quantitative estimate of drug-likeness (QED) is 0.729. The summed E-state index contributed by atoms with van der Waals surface area (Å²) in [4.78, 5) is 14.4. The molecule has 1 aromatic rings. The topological polar surface area (TPSA) is 87.0 Å². The van der Waals surface area contributed by atoms with Gasteiger partial charge in [0.2, 0.25) is 0 Å². The summed E-state index contributed by atoms with van der Waals surface area (Å²) < 4.78 is 0. The van der Waals surface area contributed by atoms with E-state index in [0.29, 0.717) is 23.8 Å². The molecule has 0 unspecified atom stereocenters. The minimum atomic E-state index is -0.167. The number of nitrogens with two attached hydrogens (primary N) is 1. The number of carbonyl (C=O) groups is 1. The number of nitrogen functional groups attached to an aromatic ring is 1. The molecule has 0 spiro atoms. The van der Waals surface area contributed by atoms with Crippen LogP contribution in [-0.2, 0) is 0 Å². The maximum absolute atomic E-state index is 12.0. The van der Waals surface area contributed by atoms with Crippen molar-refractivity contribution in [1.82, 2.24) is 20.4 Å². The van der Waals surface area contributed by atoms with Crippen LogP contribution in [0.15, 0.2) is 0 Å². The van der Waals surface area contributed by atoms with Crippen molar-refractivity contribution in [3.8, 4) is 0 Å². The van der Waals surface area contributed by atoms with Crippen LogP contribution in [0, 0.1) is 0 Å². The molecular formula is C13H21N5O. The first-order valence-electron chi connectivity index (χ1n) is 7.10. The van der Waals surface area contributed by atoms with Crippen molar-refractivity contribution in [3.05, 3.63) is 11.4 Å². The van der Waals surface area contributed by atoms with Crippen LogP contribution in [0.5, 0.6) is 0 Å². The van der Waals surface area contributed by atoms with Crippen LogP contribution in [0.1, 0.15) is 47.8 Å². The van der Waals surface area contributed by atoms with Crippen molar-refractivity contribution >= 4 is 11.6 Å². The van der Waals surface area contributed by atoms with E-state index in [9.17, 15) is 4.79 Å². The van der Waals surface area contributed by atoms with Crippen LogP contribution in [0.25, 0.3) is 0 Å². The van der Waals surface area contributed by atoms with Gasteiger partial charge >= 0.3 is 0 Å². The highest BCUT2D eigenvalue weighted by Gasteiger charge is 2.30. The molecule has 1 aliphatic carbocycles. The van der Waals surface area contributed by atoms with Gasteiger partial charge in [-0.2, -0.15) is 5.10 Å². The molecule has 1 saturated carbocycles. The molecule has 0 atom stereocenters. The molecule has 0 radical (unpaired) electrons. The summed E-state index contributed by atoms with van der Waals surface area (Å²) in [7, 11) is 0. The highest BCUT2D eigenvalue weighted by atomic mass is 16.1. The molecule has 2 aliphatic rings. The van der Waals surface area contributed by atoms with Crippen molar-refractivity contribution in [2.24, 2.45) is 0 Å². The fourth-order valence-electron chi connectivity index (χ4n) is 2.64. The fourth-order valence-corrected chi connectivity index (χ4v) is 2.64. The van der Waals surface area contributed by atoms with Gasteiger partial charge in [0.05, 0.1) is 11.4 Å². The maximum atomic E-state index is 12.0. The van der Waals surface area contributed by atoms with E-state index in [2.05, 4.69) is 20.4 Å². The third-order valence-corrected chi connectivity index (χ3v) is 3.95. The van der Waals surface area contributed by atoms with Crippen LogP contribution >= 0.6 is 0 Å².